The second kappa shape index (κ2) is 6.41. The molecule has 0 radical (unpaired) electrons. The van der Waals surface area contributed by atoms with E-state index in [-0.39, 0.29) is 11.9 Å². The Balaban J connectivity index is 1.71. The van der Waals surface area contributed by atoms with E-state index in [1.807, 2.05) is 6.92 Å². The van der Waals surface area contributed by atoms with Crippen molar-refractivity contribution in [2.24, 2.45) is 0 Å². The van der Waals surface area contributed by atoms with Crippen LogP contribution in [0.3, 0.4) is 0 Å². The van der Waals surface area contributed by atoms with Crippen molar-refractivity contribution >= 4 is 0 Å². The van der Waals surface area contributed by atoms with Gasteiger partial charge in [-0.15, -0.1) is 0 Å². The fourth-order valence-corrected chi connectivity index (χ4v) is 2.62. The Hall–Kier alpha value is -1.99. The predicted molar refractivity (Wildman–Crippen MR) is 78.0 cm³/mol. The summed E-state index contributed by atoms with van der Waals surface area (Å²) in [5.41, 5.74) is 0.828. The van der Waals surface area contributed by atoms with Crippen LogP contribution in [0.2, 0.25) is 0 Å². The minimum absolute atomic E-state index is 0.168. The molecule has 0 saturated carbocycles. The molecule has 1 fully saturated rings. The van der Waals surface area contributed by atoms with Crippen LogP contribution in [0, 0.1) is 12.7 Å². The third kappa shape index (κ3) is 3.26. The molecule has 1 aliphatic heterocycles. The molecule has 6 nitrogen and oxygen atoms in total. The van der Waals surface area contributed by atoms with Crippen LogP contribution in [0.25, 0.3) is 0 Å². The lowest BCUT2D eigenvalue weighted by molar-refractivity contribution is -0.0372. The summed E-state index contributed by atoms with van der Waals surface area (Å²) in [6.07, 6.45) is -0.168. The van der Waals surface area contributed by atoms with Gasteiger partial charge >= 0.3 is 0 Å². The van der Waals surface area contributed by atoms with Gasteiger partial charge in [0.15, 0.2) is 5.82 Å². The van der Waals surface area contributed by atoms with Gasteiger partial charge in [0.25, 0.3) is 0 Å². The molecular formula is C15H19FN4O2. The Bertz CT molecular complexity index is 646. The number of nitrogens with one attached hydrogen (secondary N) is 1. The number of aromatic amines is 1. The molecule has 1 aromatic heterocycles. The van der Waals surface area contributed by atoms with Crippen LogP contribution in [0.5, 0.6) is 5.75 Å². The molecule has 3 rings (SSSR count). The standard InChI is InChI=1S/C15H19FN4O2/c1-10-17-15(19-18-10)14-9-20(5-6-22-14)8-11-7-12(16)3-4-13(11)21-2/h3-4,7,14H,5-6,8-9H2,1-2H3,(H,17,18,19). The SMILES string of the molecule is COc1ccc(F)cc1CN1CCOC(c2n[nH]c(C)n2)C1. The smallest absolute Gasteiger partial charge is 0.180 e. The van der Waals surface area contributed by atoms with Crippen LogP contribution >= 0.6 is 0 Å². The zero-order valence-corrected chi connectivity index (χ0v) is 12.7. The van der Waals surface area contributed by atoms with Crippen LogP contribution in [0.4, 0.5) is 4.39 Å². The highest BCUT2D eigenvalue weighted by molar-refractivity contribution is 5.33. The van der Waals surface area contributed by atoms with Crippen molar-refractivity contribution in [3.63, 3.8) is 0 Å². The number of halogens is 1. The minimum Gasteiger partial charge on any atom is -0.496 e. The zero-order valence-electron chi connectivity index (χ0n) is 12.7. The fourth-order valence-electron chi connectivity index (χ4n) is 2.62. The normalized spacial score (nSPS) is 19.3. The Morgan fingerprint density at radius 1 is 1.50 bits per heavy atom. The number of nitrogens with zero attached hydrogens (tertiary/aromatic N) is 3. The van der Waals surface area contributed by atoms with E-state index >= 15 is 0 Å². The van der Waals surface area contributed by atoms with Gasteiger partial charge in [0.1, 0.15) is 23.5 Å². The third-order valence-corrected chi connectivity index (χ3v) is 3.69. The van der Waals surface area contributed by atoms with Gasteiger partial charge in [-0.25, -0.2) is 9.37 Å². The van der Waals surface area contributed by atoms with E-state index in [4.69, 9.17) is 9.47 Å². The molecule has 22 heavy (non-hydrogen) atoms. The summed E-state index contributed by atoms with van der Waals surface area (Å²) < 4.78 is 24.5. The lowest BCUT2D eigenvalue weighted by atomic mass is 10.1. The van der Waals surface area contributed by atoms with Crippen molar-refractivity contribution in [2.45, 2.75) is 19.6 Å². The first kappa shape index (κ1) is 14.9. The number of methoxy groups -OCH3 is 1. The van der Waals surface area contributed by atoms with Gasteiger partial charge in [-0.2, -0.15) is 5.10 Å². The summed E-state index contributed by atoms with van der Waals surface area (Å²) in [5, 5.41) is 6.98. The number of aromatic nitrogens is 3. The molecule has 2 heterocycles. The maximum Gasteiger partial charge on any atom is 0.180 e. The average Bonchev–Trinajstić information content (AvgIpc) is 2.94. The summed E-state index contributed by atoms with van der Waals surface area (Å²) in [6.45, 7) is 4.49. The molecule has 1 aliphatic rings. The summed E-state index contributed by atoms with van der Waals surface area (Å²) in [6, 6.07) is 4.57. The molecule has 1 saturated heterocycles. The highest BCUT2D eigenvalue weighted by Crippen LogP contribution is 2.25. The molecular weight excluding hydrogens is 287 g/mol. The largest absolute Gasteiger partial charge is 0.496 e. The summed E-state index contributed by atoms with van der Waals surface area (Å²) >= 11 is 0. The van der Waals surface area contributed by atoms with Crippen LogP contribution in [-0.2, 0) is 11.3 Å². The first-order chi connectivity index (χ1) is 10.7. The summed E-state index contributed by atoms with van der Waals surface area (Å²) in [5.74, 6) is 1.86. The van der Waals surface area contributed by atoms with Crippen molar-refractivity contribution in [1.82, 2.24) is 20.1 Å². The number of hydrogen-bond donors (Lipinski definition) is 1. The maximum atomic E-state index is 13.5. The molecule has 0 spiro atoms. The fraction of sp³-hybridized carbons (Fsp3) is 0.467. The van der Waals surface area contributed by atoms with E-state index in [1.165, 1.54) is 12.1 Å². The molecule has 0 aliphatic carbocycles. The Morgan fingerprint density at radius 2 is 2.36 bits per heavy atom. The van der Waals surface area contributed by atoms with Crippen LogP contribution in [0.1, 0.15) is 23.3 Å². The van der Waals surface area contributed by atoms with Gasteiger partial charge in [-0.3, -0.25) is 10.00 Å². The van der Waals surface area contributed by atoms with Gasteiger partial charge in [0.2, 0.25) is 0 Å². The number of ether oxygens (including phenoxy) is 2. The lowest BCUT2D eigenvalue weighted by Gasteiger charge is -2.31. The number of aryl methyl sites for hydroxylation is 1. The molecule has 1 atom stereocenters. The number of benzene rings is 1. The first-order valence-corrected chi connectivity index (χ1v) is 7.21. The molecule has 1 aromatic carbocycles. The van der Waals surface area contributed by atoms with Crippen LogP contribution < -0.4 is 4.74 Å². The molecule has 2 aromatic rings. The number of H-pyrrole nitrogens is 1. The Kier molecular flexibility index (Phi) is 4.35. The summed E-state index contributed by atoms with van der Waals surface area (Å²) in [7, 11) is 1.59. The van der Waals surface area contributed by atoms with Gasteiger partial charge in [-0.1, -0.05) is 0 Å². The van der Waals surface area contributed by atoms with Crippen LogP contribution in [-0.4, -0.2) is 46.9 Å². The quantitative estimate of drug-likeness (QED) is 0.934. The molecule has 1 N–H and O–H groups in total. The van der Waals surface area contributed by atoms with Crippen molar-refractivity contribution < 1.29 is 13.9 Å². The van der Waals surface area contributed by atoms with E-state index < -0.39 is 0 Å². The lowest BCUT2D eigenvalue weighted by Crippen LogP contribution is -2.38. The second-order valence-corrected chi connectivity index (χ2v) is 5.33. The average molecular weight is 306 g/mol. The van der Waals surface area contributed by atoms with E-state index in [1.54, 1.807) is 13.2 Å². The highest BCUT2D eigenvalue weighted by atomic mass is 19.1. The van der Waals surface area contributed by atoms with E-state index in [0.717, 1.165) is 17.9 Å². The molecule has 1 unspecified atom stereocenters. The first-order valence-electron chi connectivity index (χ1n) is 7.21. The van der Waals surface area contributed by atoms with E-state index in [2.05, 4.69) is 20.1 Å². The number of morpholine rings is 1. The van der Waals surface area contributed by atoms with Gasteiger partial charge in [0.05, 0.1) is 13.7 Å². The van der Waals surface area contributed by atoms with E-state index in [0.29, 0.717) is 31.3 Å². The highest BCUT2D eigenvalue weighted by Gasteiger charge is 2.25. The summed E-state index contributed by atoms with van der Waals surface area (Å²) in [4.78, 5) is 6.51. The second-order valence-electron chi connectivity index (χ2n) is 5.33. The van der Waals surface area contributed by atoms with Crippen molar-refractivity contribution in [3.8, 4) is 5.75 Å². The third-order valence-electron chi connectivity index (χ3n) is 3.69. The Morgan fingerprint density at radius 3 is 3.09 bits per heavy atom. The zero-order chi connectivity index (χ0) is 15.5. The van der Waals surface area contributed by atoms with E-state index in [9.17, 15) is 4.39 Å². The monoisotopic (exact) mass is 306 g/mol. The molecule has 118 valence electrons. The molecule has 0 amide bonds. The number of rotatable bonds is 4. The van der Waals surface area contributed by atoms with Crippen molar-refractivity contribution in [3.05, 3.63) is 41.2 Å². The van der Waals surface area contributed by atoms with Crippen LogP contribution in [0.15, 0.2) is 18.2 Å². The number of hydrogen-bond acceptors (Lipinski definition) is 5. The van der Waals surface area contributed by atoms with Gasteiger partial charge in [0, 0.05) is 25.2 Å². The predicted octanol–water partition coefficient (Wildman–Crippen LogP) is 1.83. The van der Waals surface area contributed by atoms with Gasteiger partial charge in [-0.05, 0) is 25.1 Å². The maximum absolute atomic E-state index is 13.5. The Labute approximate surface area is 128 Å². The molecule has 7 heteroatoms. The van der Waals surface area contributed by atoms with Gasteiger partial charge < -0.3 is 9.47 Å². The van der Waals surface area contributed by atoms with Crippen molar-refractivity contribution in [2.75, 3.05) is 26.8 Å². The topological polar surface area (TPSA) is 63.3 Å². The molecule has 0 bridgehead atoms. The van der Waals surface area contributed by atoms with Crippen molar-refractivity contribution in [1.29, 1.82) is 0 Å². The minimum atomic E-state index is -0.259.